The summed E-state index contributed by atoms with van der Waals surface area (Å²) >= 11 is 0. The Bertz CT molecular complexity index is 966. The molecule has 3 aromatic rings. The van der Waals surface area contributed by atoms with Crippen molar-refractivity contribution in [1.82, 2.24) is 5.32 Å². The van der Waals surface area contributed by atoms with E-state index in [0.717, 1.165) is 24.0 Å². The van der Waals surface area contributed by atoms with Gasteiger partial charge in [0.2, 0.25) is 0 Å². The Morgan fingerprint density at radius 2 is 1.53 bits per heavy atom. The van der Waals surface area contributed by atoms with Crippen molar-refractivity contribution in [2.45, 2.75) is 39.7 Å². The lowest BCUT2D eigenvalue weighted by atomic mass is 9.88. The lowest BCUT2D eigenvalue weighted by Crippen LogP contribution is -2.27. The number of ether oxygens (including phenoxy) is 1. The van der Waals surface area contributed by atoms with E-state index in [9.17, 15) is 4.79 Å². The summed E-state index contributed by atoms with van der Waals surface area (Å²) in [6, 6.07) is 24.7. The highest BCUT2D eigenvalue weighted by Crippen LogP contribution is 2.34. The minimum atomic E-state index is -0.0403. The molecule has 0 saturated heterocycles. The van der Waals surface area contributed by atoms with Crippen LogP contribution in [-0.2, 0) is 11.2 Å². The third-order valence-corrected chi connectivity index (χ3v) is 5.36. The molecule has 3 rings (SSSR count). The topological polar surface area (TPSA) is 38.3 Å². The molecule has 0 heterocycles. The number of hydrogen-bond acceptors (Lipinski definition) is 2. The number of benzene rings is 3. The maximum absolute atomic E-state index is 13.0. The number of hydrogen-bond donors (Lipinski definition) is 1. The van der Waals surface area contributed by atoms with Crippen molar-refractivity contribution in [3.05, 3.63) is 83.9 Å². The van der Waals surface area contributed by atoms with E-state index in [0.29, 0.717) is 18.7 Å². The van der Waals surface area contributed by atoms with Gasteiger partial charge in [0.15, 0.2) is 0 Å². The van der Waals surface area contributed by atoms with Gasteiger partial charge in [-0.1, -0.05) is 73.7 Å². The van der Waals surface area contributed by atoms with E-state index >= 15 is 0 Å². The van der Waals surface area contributed by atoms with Crippen LogP contribution >= 0.6 is 0 Å². The fourth-order valence-electron chi connectivity index (χ4n) is 3.88. The predicted octanol–water partition coefficient (Wildman–Crippen LogP) is 6.13. The number of rotatable bonds is 9. The van der Waals surface area contributed by atoms with Gasteiger partial charge in [0.25, 0.3) is 5.91 Å². The summed E-state index contributed by atoms with van der Waals surface area (Å²) in [5, 5.41) is 3.06. The van der Waals surface area contributed by atoms with Gasteiger partial charge in [0, 0.05) is 18.7 Å². The van der Waals surface area contributed by atoms with Crippen molar-refractivity contribution >= 4 is 5.91 Å². The van der Waals surface area contributed by atoms with Gasteiger partial charge in [-0.25, -0.2) is 0 Å². The highest BCUT2D eigenvalue weighted by molar-refractivity contribution is 6.01. The SMILES string of the molecule is CCOC(C)CCNC(=O)c1ccccc1-c1cccc(-c2ccccc2)c1CC. The van der Waals surface area contributed by atoms with Crippen molar-refractivity contribution in [3.63, 3.8) is 0 Å². The zero-order chi connectivity index (χ0) is 21.3. The minimum Gasteiger partial charge on any atom is -0.379 e. The molecule has 1 unspecified atom stereocenters. The molecule has 156 valence electrons. The van der Waals surface area contributed by atoms with E-state index in [1.165, 1.54) is 16.7 Å². The lowest BCUT2D eigenvalue weighted by Gasteiger charge is -2.17. The number of amides is 1. The molecule has 3 aromatic carbocycles. The Morgan fingerprint density at radius 3 is 2.27 bits per heavy atom. The second kappa shape index (κ2) is 10.7. The van der Waals surface area contributed by atoms with Crippen LogP contribution in [0, 0.1) is 0 Å². The second-order valence-electron chi connectivity index (χ2n) is 7.41. The van der Waals surface area contributed by atoms with Gasteiger partial charge in [0.05, 0.1) is 6.10 Å². The molecule has 0 spiro atoms. The van der Waals surface area contributed by atoms with Crippen LogP contribution in [0.2, 0.25) is 0 Å². The van der Waals surface area contributed by atoms with Gasteiger partial charge in [-0.2, -0.15) is 0 Å². The number of carbonyl (C=O) groups is 1. The van der Waals surface area contributed by atoms with Crippen LogP contribution in [0.15, 0.2) is 72.8 Å². The molecule has 1 atom stereocenters. The van der Waals surface area contributed by atoms with E-state index in [2.05, 4.69) is 54.7 Å². The highest BCUT2D eigenvalue weighted by atomic mass is 16.5. The van der Waals surface area contributed by atoms with Crippen LogP contribution in [0.4, 0.5) is 0 Å². The summed E-state index contributed by atoms with van der Waals surface area (Å²) in [5.41, 5.74) is 6.48. The molecule has 0 aliphatic heterocycles. The molecule has 0 fully saturated rings. The van der Waals surface area contributed by atoms with Crippen LogP contribution in [0.3, 0.4) is 0 Å². The summed E-state index contributed by atoms with van der Waals surface area (Å²) < 4.78 is 5.56. The first-order valence-electron chi connectivity index (χ1n) is 10.8. The van der Waals surface area contributed by atoms with Gasteiger partial charge in [0.1, 0.15) is 0 Å². The highest BCUT2D eigenvalue weighted by Gasteiger charge is 2.16. The summed E-state index contributed by atoms with van der Waals surface area (Å²) in [6.45, 7) is 7.48. The predicted molar refractivity (Wildman–Crippen MR) is 125 cm³/mol. The largest absolute Gasteiger partial charge is 0.379 e. The van der Waals surface area contributed by atoms with E-state index in [1.54, 1.807) is 0 Å². The maximum Gasteiger partial charge on any atom is 0.251 e. The molecule has 0 aliphatic rings. The summed E-state index contributed by atoms with van der Waals surface area (Å²) in [7, 11) is 0. The quantitative estimate of drug-likeness (QED) is 0.468. The molecular formula is C27H31NO2. The van der Waals surface area contributed by atoms with E-state index in [1.807, 2.05) is 44.2 Å². The number of nitrogens with one attached hydrogen (secondary N) is 1. The standard InChI is InChI=1S/C27H31NO2/c1-4-22-23(21-12-7-6-8-13-21)16-11-17-24(22)25-14-9-10-15-26(25)27(29)28-19-18-20(3)30-5-2/h6-17,20H,4-5,18-19H2,1-3H3,(H,28,29). The van der Waals surface area contributed by atoms with Gasteiger partial charge >= 0.3 is 0 Å². The van der Waals surface area contributed by atoms with Crippen LogP contribution < -0.4 is 5.32 Å². The van der Waals surface area contributed by atoms with E-state index < -0.39 is 0 Å². The first kappa shape index (κ1) is 21.8. The molecule has 0 saturated carbocycles. The van der Waals surface area contributed by atoms with Gasteiger partial charge < -0.3 is 10.1 Å². The third-order valence-electron chi connectivity index (χ3n) is 5.36. The molecule has 0 bridgehead atoms. The lowest BCUT2D eigenvalue weighted by molar-refractivity contribution is 0.0691. The van der Waals surface area contributed by atoms with Crippen molar-refractivity contribution in [1.29, 1.82) is 0 Å². The molecular weight excluding hydrogens is 370 g/mol. The maximum atomic E-state index is 13.0. The summed E-state index contributed by atoms with van der Waals surface area (Å²) in [6.07, 6.45) is 1.83. The third kappa shape index (κ3) is 5.17. The van der Waals surface area contributed by atoms with Crippen LogP contribution in [-0.4, -0.2) is 25.2 Å². The van der Waals surface area contributed by atoms with Gasteiger partial charge in [-0.05, 0) is 60.6 Å². The Labute approximate surface area is 180 Å². The average Bonchev–Trinajstić information content (AvgIpc) is 2.79. The molecule has 0 radical (unpaired) electrons. The van der Waals surface area contributed by atoms with Crippen molar-refractivity contribution in [3.8, 4) is 22.3 Å². The second-order valence-corrected chi connectivity index (χ2v) is 7.41. The summed E-state index contributed by atoms with van der Waals surface area (Å²) in [5.74, 6) is -0.0403. The smallest absolute Gasteiger partial charge is 0.251 e. The Balaban J connectivity index is 1.91. The number of carbonyl (C=O) groups excluding carboxylic acids is 1. The van der Waals surface area contributed by atoms with Gasteiger partial charge in [-0.3, -0.25) is 4.79 Å². The molecule has 30 heavy (non-hydrogen) atoms. The van der Waals surface area contributed by atoms with Crippen LogP contribution in [0.25, 0.3) is 22.3 Å². The van der Waals surface area contributed by atoms with Crippen molar-refractivity contribution in [2.75, 3.05) is 13.2 Å². The van der Waals surface area contributed by atoms with Crippen molar-refractivity contribution < 1.29 is 9.53 Å². The fraction of sp³-hybridized carbons (Fsp3) is 0.296. The molecule has 3 heteroatoms. The molecule has 3 nitrogen and oxygen atoms in total. The molecule has 1 N–H and O–H groups in total. The monoisotopic (exact) mass is 401 g/mol. The first-order valence-corrected chi connectivity index (χ1v) is 10.8. The molecule has 1 amide bonds. The van der Waals surface area contributed by atoms with Crippen molar-refractivity contribution in [2.24, 2.45) is 0 Å². The molecule has 0 aliphatic carbocycles. The Kier molecular flexibility index (Phi) is 7.81. The van der Waals surface area contributed by atoms with Crippen LogP contribution in [0.1, 0.15) is 43.1 Å². The molecule has 0 aromatic heterocycles. The first-order chi connectivity index (χ1) is 14.7. The normalized spacial score (nSPS) is 11.8. The zero-order valence-electron chi connectivity index (χ0n) is 18.2. The van der Waals surface area contributed by atoms with E-state index in [-0.39, 0.29) is 12.0 Å². The fourth-order valence-corrected chi connectivity index (χ4v) is 3.88. The van der Waals surface area contributed by atoms with Crippen LogP contribution in [0.5, 0.6) is 0 Å². The van der Waals surface area contributed by atoms with E-state index in [4.69, 9.17) is 4.74 Å². The zero-order valence-corrected chi connectivity index (χ0v) is 18.2. The minimum absolute atomic E-state index is 0.0403. The Morgan fingerprint density at radius 1 is 0.867 bits per heavy atom. The summed E-state index contributed by atoms with van der Waals surface area (Å²) in [4.78, 5) is 13.0. The van der Waals surface area contributed by atoms with Gasteiger partial charge in [-0.15, -0.1) is 0 Å². The average molecular weight is 402 g/mol. The Hall–Kier alpha value is -2.91.